The lowest BCUT2D eigenvalue weighted by atomic mass is 9.86. The second-order valence-electron chi connectivity index (χ2n) is 6.47. The molecule has 1 aromatic heterocycles. The van der Waals surface area contributed by atoms with Crippen LogP contribution in [0.15, 0.2) is 35.5 Å². The molecule has 0 radical (unpaired) electrons. The van der Waals surface area contributed by atoms with Crippen LogP contribution >= 0.6 is 11.8 Å². The molecule has 0 unspecified atom stereocenters. The maximum Gasteiger partial charge on any atom is 0.233 e. The van der Waals surface area contributed by atoms with Gasteiger partial charge in [-0.25, -0.2) is 4.98 Å². The Morgan fingerprint density at radius 2 is 2.04 bits per heavy atom. The summed E-state index contributed by atoms with van der Waals surface area (Å²) in [7, 11) is 0. The Morgan fingerprint density at radius 3 is 2.79 bits per heavy atom. The maximum atomic E-state index is 12.4. The van der Waals surface area contributed by atoms with Crippen molar-refractivity contribution in [2.75, 3.05) is 0 Å². The van der Waals surface area contributed by atoms with Crippen LogP contribution in [-0.2, 0) is 4.79 Å². The van der Waals surface area contributed by atoms with Crippen LogP contribution < -0.4 is 5.32 Å². The lowest BCUT2D eigenvalue weighted by Crippen LogP contribution is -2.44. The fourth-order valence-corrected chi connectivity index (χ4v) is 3.80. The average Bonchev–Trinajstić information content (AvgIpc) is 3.06. The van der Waals surface area contributed by atoms with Crippen molar-refractivity contribution in [3.8, 4) is 11.4 Å². The Balaban J connectivity index is 1.57. The van der Waals surface area contributed by atoms with Crippen molar-refractivity contribution in [2.24, 2.45) is 5.92 Å². The molecule has 1 fully saturated rings. The standard InChI is InChI=1S/C18H24N4OS/c1-12-8-6-7-11-15(12)19-17(23)13(2)24-18-20-16(21-22-18)14-9-4-3-5-10-14/h3-5,9-10,12-13,15H,6-8,11H2,1-2H3,(H,19,23)(H,20,21,22)/t12-,13+,15+/m0/s1. The molecule has 0 aliphatic heterocycles. The molecule has 1 aliphatic carbocycles. The van der Waals surface area contributed by atoms with Gasteiger partial charge < -0.3 is 5.32 Å². The van der Waals surface area contributed by atoms with Gasteiger partial charge in [-0.15, -0.1) is 5.10 Å². The quantitative estimate of drug-likeness (QED) is 0.812. The molecule has 5 nitrogen and oxygen atoms in total. The zero-order valence-corrected chi connectivity index (χ0v) is 15.0. The largest absolute Gasteiger partial charge is 0.352 e. The molecule has 0 bridgehead atoms. The summed E-state index contributed by atoms with van der Waals surface area (Å²) in [5.74, 6) is 1.37. The Hall–Kier alpha value is -1.82. The summed E-state index contributed by atoms with van der Waals surface area (Å²) in [4.78, 5) is 16.9. The van der Waals surface area contributed by atoms with E-state index in [9.17, 15) is 4.79 Å². The third kappa shape index (κ3) is 4.17. The maximum absolute atomic E-state index is 12.4. The smallest absolute Gasteiger partial charge is 0.233 e. The molecule has 1 amide bonds. The molecule has 128 valence electrons. The molecule has 1 saturated carbocycles. The number of hydrogen-bond donors (Lipinski definition) is 2. The Morgan fingerprint density at radius 1 is 1.29 bits per heavy atom. The molecule has 0 saturated heterocycles. The fraction of sp³-hybridized carbons (Fsp3) is 0.500. The van der Waals surface area contributed by atoms with Crippen LogP contribution in [0.1, 0.15) is 39.5 Å². The predicted octanol–water partition coefficient (Wildman–Crippen LogP) is 3.65. The Bertz CT molecular complexity index is 673. The van der Waals surface area contributed by atoms with Crippen LogP contribution in [0.3, 0.4) is 0 Å². The van der Waals surface area contributed by atoms with E-state index in [1.165, 1.54) is 31.0 Å². The molecular weight excluding hydrogens is 320 g/mol. The minimum Gasteiger partial charge on any atom is -0.352 e. The van der Waals surface area contributed by atoms with Crippen molar-refractivity contribution in [2.45, 2.75) is 56.0 Å². The summed E-state index contributed by atoms with van der Waals surface area (Å²) < 4.78 is 0. The number of aromatic nitrogens is 3. The third-order valence-electron chi connectivity index (χ3n) is 4.60. The SMILES string of the molecule is C[C@@H](Sc1n[nH]c(-c2ccccc2)n1)C(=O)N[C@@H]1CCCC[C@@H]1C. The molecule has 0 spiro atoms. The van der Waals surface area contributed by atoms with Gasteiger partial charge in [0, 0.05) is 11.6 Å². The van der Waals surface area contributed by atoms with Gasteiger partial charge in [0.25, 0.3) is 0 Å². The third-order valence-corrected chi connectivity index (χ3v) is 5.56. The van der Waals surface area contributed by atoms with Crippen LogP contribution in [0.2, 0.25) is 0 Å². The number of aromatic amines is 1. The molecular formula is C18H24N4OS. The van der Waals surface area contributed by atoms with E-state index in [1.54, 1.807) is 0 Å². The summed E-state index contributed by atoms with van der Waals surface area (Å²) in [6.45, 7) is 4.13. The van der Waals surface area contributed by atoms with E-state index in [2.05, 4.69) is 27.4 Å². The number of amides is 1. The molecule has 3 rings (SSSR count). The first kappa shape index (κ1) is 17.0. The van der Waals surface area contributed by atoms with Crippen molar-refractivity contribution in [3.05, 3.63) is 30.3 Å². The zero-order chi connectivity index (χ0) is 16.9. The number of nitrogens with one attached hydrogen (secondary N) is 2. The van der Waals surface area contributed by atoms with Gasteiger partial charge >= 0.3 is 0 Å². The normalized spacial score (nSPS) is 22.1. The van der Waals surface area contributed by atoms with E-state index in [0.717, 1.165) is 17.8 Å². The number of rotatable bonds is 5. The average molecular weight is 344 g/mol. The summed E-state index contributed by atoms with van der Waals surface area (Å²) in [6.07, 6.45) is 4.77. The number of thioether (sulfide) groups is 1. The highest BCUT2D eigenvalue weighted by atomic mass is 32.2. The Labute approximate surface area is 147 Å². The fourth-order valence-electron chi connectivity index (χ4n) is 3.07. The van der Waals surface area contributed by atoms with Crippen molar-refractivity contribution in [3.63, 3.8) is 0 Å². The number of H-pyrrole nitrogens is 1. The predicted molar refractivity (Wildman–Crippen MR) is 96.7 cm³/mol. The minimum atomic E-state index is -0.210. The summed E-state index contributed by atoms with van der Waals surface area (Å²) in [5.41, 5.74) is 0.991. The molecule has 24 heavy (non-hydrogen) atoms. The molecule has 2 aromatic rings. The number of nitrogens with zero attached hydrogens (tertiary/aromatic N) is 2. The second-order valence-corrected chi connectivity index (χ2v) is 7.78. The van der Waals surface area contributed by atoms with Crippen LogP contribution in [0.5, 0.6) is 0 Å². The minimum absolute atomic E-state index is 0.0739. The van der Waals surface area contributed by atoms with Gasteiger partial charge in [0.2, 0.25) is 11.1 Å². The van der Waals surface area contributed by atoms with E-state index in [-0.39, 0.29) is 11.2 Å². The van der Waals surface area contributed by atoms with Gasteiger partial charge in [-0.05, 0) is 25.7 Å². The van der Waals surface area contributed by atoms with E-state index in [1.807, 2.05) is 37.3 Å². The molecule has 3 atom stereocenters. The van der Waals surface area contributed by atoms with Gasteiger partial charge in [-0.1, -0.05) is 61.9 Å². The van der Waals surface area contributed by atoms with Crippen molar-refractivity contribution in [1.29, 1.82) is 0 Å². The van der Waals surface area contributed by atoms with Crippen LogP contribution in [0.25, 0.3) is 11.4 Å². The molecule has 1 heterocycles. The molecule has 1 aromatic carbocycles. The van der Waals surface area contributed by atoms with Gasteiger partial charge in [0.1, 0.15) is 0 Å². The van der Waals surface area contributed by atoms with Gasteiger partial charge in [0.05, 0.1) is 5.25 Å². The highest BCUT2D eigenvalue weighted by molar-refractivity contribution is 8.00. The van der Waals surface area contributed by atoms with Gasteiger partial charge in [-0.3, -0.25) is 9.89 Å². The van der Waals surface area contributed by atoms with Crippen LogP contribution in [-0.4, -0.2) is 32.4 Å². The van der Waals surface area contributed by atoms with Crippen LogP contribution in [0.4, 0.5) is 0 Å². The number of carbonyl (C=O) groups is 1. The lowest BCUT2D eigenvalue weighted by molar-refractivity contribution is -0.121. The highest BCUT2D eigenvalue weighted by Crippen LogP contribution is 2.26. The summed E-state index contributed by atoms with van der Waals surface area (Å²) in [5, 5.41) is 10.8. The highest BCUT2D eigenvalue weighted by Gasteiger charge is 2.25. The monoisotopic (exact) mass is 344 g/mol. The topological polar surface area (TPSA) is 70.7 Å². The van der Waals surface area contributed by atoms with Crippen molar-refractivity contribution >= 4 is 17.7 Å². The van der Waals surface area contributed by atoms with E-state index in [0.29, 0.717) is 17.1 Å². The molecule has 6 heteroatoms. The van der Waals surface area contributed by atoms with Gasteiger partial charge in [0.15, 0.2) is 5.82 Å². The van der Waals surface area contributed by atoms with Gasteiger partial charge in [-0.2, -0.15) is 0 Å². The number of hydrogen-bond acceptors (Lipinski definition) is 4. The second kappa shape index (κ2) is 7.83. The first-order valence-corrected chi connectivity index (χ1v) is 9.46. The van der Waals surface area contributed by atoms with Crippen LogP contribution in [0, 0.1) is 5.92 Å². The van der Waals surface area contributed by atoms with E-state index < -0.39 is 0 Å². The Kier molecular flexibility index (Phi) is 5.56. The first-order valence-electron chi connectivity index (χ1n) is 8.58. The number of benzene rings is 1. The molecule has 1 aliphatic rings. The zero-order valence-electron chi connectivity index (χ0n) is 14.2. The summed E-state index contributed by atoms with van der Waals surface area (Å²) >= 11 is 1.39. The summed E-state index contributed by atoms with van der Waals surface area (Å²) in [6, 6.07) is 10.2. The molecule has 2 N–H and O–H groups in total. The van der Waals surface area contributed by atoms with E-state index >= 15 is 0 Å². The first-order chi connectivity index (χ1) is 11.6. The lowest BCUT2D eigenvalue weighted by Gasteiger charge is -2.30. The van der Waals surface area contributed by atoms with E-state index in [4.69, 9.17) is 0 Å². The number of carbonyl (C=O) groups excluding carboxylic acids is 1. The van der Waals surface area contributed by atoms with Crippen molar-refractivity contribution in [1.82, 2.24) is 20.5 Å². The van der Waals surface area contributed by atoms with Crippen molar-refractivity contribution < 1.29 is 4.79 Å².